The van der Waals surface area contributed by atoms with Crippen LogP contribution < -0.4 is 5.32 Å². The molecule has 1 saturated carbocycles. The first-order valence-corrected chi connectivity index (χ1v) is 10.5. The van der Waals surface area contributed by atoms with E-state index < -0.39 is 18.2 Å². The minimum atomic E-state index is -4.72. The third-order valence-corrected chi connectivity index (χ3v) is 6.06. The van der Waals surface area contributed by atoms with Gasteiger partial charge in [-0.2, -0.15) is 13.2 Å². The quantitative estimate of drug-likeness (QED) is 0.590. The normalized spacial score (nSPS) is 20.9. The Bertz CT molecular complexity index is 1050. The second-order valence-electron chi connectivity index (χ2n) is 7.95. The molecule has 9 heteroatoms. The summed E-state index contributed by atoms with van der Waals surface area (Å²) in [7, 11) is 0. The number of aryl methyl sites for hydroxylation is 1. The fourth-order valence-electron chi connectivity index (χ4n) is 3.59. The van der Waals surface area contributed by atoms with Gasteiger partial charge in [-0.25, -0.2) is 0 Å². The first-order valence-electron chi connectivity index (χ1n) is 9.75. The van der Waals surface area contributed by atoms with Crippen molar-refractivity contribution in [2.45, 2.75) is 44.5 Å². The fraction of sp³-hybridized carbons (Fsp3) is 0.364. The molecule has 1 fully saturated rings. The summed E-state index contributed by atoms with van der Waals surface area (Å²) in [6, 6.07) is 9.03. The lowest BCUT2D eigenvalue weighted by atomic mass is 9.85. The maximum absolute atomic E-state index is 14.2. The van der Waals surface area contributed by atoms with E-state index in [1.54, 1.807) is 31.2 Å². The summed E-state index contributed by atoms with van der Waals surface area (Å²) in [4.78, 5) is 17.0. The fourth-order valence-corrected chi connectivity index (χ4v) is 4.06. The number of benzene rings is 2. The van der Waals surface area contributed by atoms with Gasteiger partial charge in [-0.15, -0.1) is 0 Å². The Morgan fingerprint density at radius 1 is 1.23 bits per heavy atom. The van der Waals surface area contributed by atoms with E-state index in [2.05, 4.69) is 10.5 Å². The van der Waals surface area contributed by atoms with E-state index in [9.17, 15) is 18.0 Å². The van der Waals surface area contributed by atoms with Crippen molar-refractivity contribution in [2.24, 2.45) is 11.1 Å². The summed E-state index contributed by atoms with van der Waals surface area (Å²) in [5.74, 6) is -0.00135. The molecule has 0 bridgehead atoms. The highest BCUT2D eigenvalue weighted by molar-refractivity contribution is 6.31. The molecule has 2 aliphatic rings. The van der Waals surface area contributed by atoms with E-state index >= 15 is 0 Å². The molecule has 0 radical (unpaired) electrons. The molecule has 31 heavy (non-hydrogen) atoms. The molecule has 164 valence electrons. The van der Waals surface area contributed by atoms with Crippen molar-refractivity contribution in [3.8, 4) is 0 Å². The van der Waals surface area contributed by atoms with Crippen LogP contribution in [0.15, 0.2) is 41.6 Å². The van der Waals surface area contributed by atoms with Crippen molar-refractivity contribution >= 4 is 34.8 Å². The van der Waals surface area contributed by atoms with E-state index in [0.717, 1.165) is 12.8 Å². The van der Waals surface area contributed by atoms with Gasteiger partial charge >= 0.3 is 6.18 Å². The molecule has 1 heterocycles. The van der Waals surface area contributed by atoms with Gasteiger partial charge < -0.3 is 10.2 Å². The zero-order valence-corrected chi connectivity index (χ0v) is 18.0. The Balaban J connectivity index is 1.61. The maximum Gasteiger partial charge on any atom is 0.435 e. The number of amides is 1. The van der Waals surface area contributed by atoms with Crippen LogP contribution >= 0.6 is 23.2 Å². The molecule has 0 saturated heterocycles. The van der Waals surface area contributed by atoms with Crippen LogP contribution in [0.1, 0.15) is 41.5 Å². The summed E-state index contributed by atoms with van der Waals surface area (Å²) in [5, 5.41) is 7.20. The van der Waals surface area contributed by atoms with Gasteiger partial charge in [0, 0.05) is 34.5 Å². The second-order valence-corrected chi connectivity index (χ2v) is 8.79. The van der Waals surface area contributed by atoms with Crippen LogP contribution in [-0.2, 0) is 21.8 Å². The lowest BCUT2D eigenvalue weighted by Gasteiger charge is -2.29. The lowest BCUT2D eigenvalue weighted by molar-refractivity contribution is -0.275. The van der Waals surface area contributed by atoms with Crippen molar-refractivity contribution in [1.82, 2.24) is 5.32 Å². The molecule has 1 N–H and O–H groups in total. The van der Waals surface area contributed by atoms with Crippen LogP contribution in [0.4, 0.5) is 13.2 Å². The van der Waals surface area contributed by atoms with E-state index in [0.29, 0.717) is 21.7 Å². The Morgan fingerprint density at radius 2 is 1.97 bits per heavy atom. The predicted octanol–water partition coefficient (Wildman–Crippen LogP) is 5.91. The van der Waals surface area contributed by atoms with Gasteiger partial charge in [-0.3, -0.25) is 4.79 Å². The van der Waals surface area contributed by atoms with Crippen LogP contribution in [0.5, 0.6) is 0 Å². The van der Waals surface area contributed by atoms with Gasteiger partial charge in [0.1, 0.15) is 0 Å². The van der Waals surface area contributed by atoms with Gasteiger partial charge in [0.2, 0.25) is 5.91 Å². The van der Waals surface area contributed by atoms with Crippen molar-refractivity contribution < 1.29 is 22.8 Å². The number of hydrogen-bond acceptors (Lipinski definition) is 3. The highest BCUT2D eigenvalue weighted by Gasteiger charge is 2.62. The number of carbonyl (C=O) groups excluding carboxylic acids is 1. The molecule has 1 amide bonds. The number of hydrogen-bond donors (Lipinski definition) is 1. The predicted molar refractivity (Wildman–Crippen MR) is 112 cm³/mol. The summed E-state index contributed by atoms with van der Waals surface area (Å²) >= 11 is 12.2. The van der Waals surface area contributed by atoms with Crippen molar-refractivity contribution in [1.29, 1.82) is 0 Å². The van der Waals surface area contributed by atoms with Gasteiger partial charge in [0.25, 0.3) is 5.60 Å². The molecular weight excluding hydrogens is 452 g/mol. The average Bonchev–Trinajstić information content (AvgIpc) is 3.43. The van der Waals surface area contributed by atoms with Crippen LogP contribution in [0.25, 0.3) is 0 Å². The molecule has 0 spiro atoms. The van der Waals surface area contributed by atoms with Crippen LogP contribution in [-0.4, -0.2) is 17.8 Å². The topological polar surface area (TPSA) is 50.7 Å². The standard InChI is InChI=1S/C22H19Cl2F3N2O2/c1-12-6-16(9-17(23)7-12)21(22(25,26)27)10-19(29-31-21)14-4-5-18(24)15(8-14)11-28-20(30)13-2-3-13/h4-9,13H,2-3,10-11H2,1H3,(H,28,30). The number of rotatable bonds is 5. The minimum absolute atomic E-state index is 0.0446. The average molecular weight is 471 g/mol. The Kier molecular flexibility index (Phi) is 5.68. The zero-order chi connectivity index (χ0) is 22.4. The molecule has 4 rings (SSSR count). The third kappa shape index (κ3) is 4.39. The third-order valence-electron chi connectivity index (χ3n) is 5.47. The number of oxime groups is 1. The van der Waals surface area contributed by atoms with Gasteiger partial charge in [0.15, 0.2) is 0 Å². The van der Waals surface area contributed by atoms with E-state index in [-0.39, 0.29) is 34.7 Å². The van der Waals surface area contributed by atoms with E-state index in [1.807, 2.05) is 0 Å². The Morgan fingerprint density at radius 3 is 2.61 bits per heavy atom. The molecule has 1 unspecified atom stereocenters. The largest absolute Gasteiger partial charge is 0.435 e. The number of halogens is 5. The highest BCUT2D eigenvalue weighted by Crippen LogP contribution is 2.49. The summed E-state index contributed by atoms with van der Waals surface area (Å²) in [5.41, 5.74) is -0.957. The Hall–Kier alpha value is -2.25. The molecule has 2 aromatic carbocycles. The summed E-state index contributed by atoms with van der Waals surface area (Å²) < 4.78 is 42.5. The molecule has 4 nitrogen and oxygen atoms in total. The number of carbonyl (C=O) groups is 1. The molecule has 1 aliphatic heterocycles. The molecular formula is C22H19Cl2F3N2O2. The number of alkyl halides is 3. The molecule has 2 aromatic rings. The maximum atomic E-state index is 14.2. The van der Waals surface area contributed by atoms with E-state index in [1.165, 1.54) is 12.1 Å². The zero-order valence-electron chi connectivity index (χ0n) is 16.5. The van der Waals surface area contributed by atoms with Crippen molar-refractivity contribution in [3.05, 3.63) is 68.7 Å². The van der Waals surface area contributed by atoms with Crippen LogP contribution in [0, 0.1) is 12.8 Å². The van der Waals surface area contributed by atoms with E-state index in [4.69, 9.17) is 28.0 Å². The van der Waals surface area contributed by atoms with Gasteiger partial charge in [-0.05, 0) is 60.7 Å². The highest BCUT2D eigenvalue weighted by atomic mass is 35.5. The van der Waals surface area contributed by atoms with Crippen molar-refractivity contribution in [2.75, 3.05) is 0 Å². The summed E-state index contributed by atoms with van der Waals surface area (Å²) in [6.07, 6.45) is -3.48. The minimum Gasteiger partial charge on any atom is -0.374 e. The molecule has 1 atom stereocenters. The first kappa shape index (κ1) is 22.0. The van der Waals surface area contributed by atoms with Gasteiger partial charge in [0.05, 0.1) is 5.71 Å². The van der Waals surface area contributed by atoms with Crippen LogP contribution in [0.2, 0.25) is 10.0 Å². The smallest absolute Gasteiger partial charge is 0.374 e. The molecule has 0 aromatic heterocycles. The number of nitrogens with zero attached hydrogens (tertiary/aromatic N) is 1. The SMILES string of the molecule is Cc1cc(Cl)cc(C2(C(F)(F)F)CC(c3ccc(Cl)c(CNC(=O)C4CC4)c3)=NO2)c1. The monoisotopic (exact) mass is 470 g/mol. The first-order chi connectivity index (χ1) is 14.6. The van der Waals surface area contributed by atoms with Gasteiger partial charge in [-0.1, -0.05) is 40.5 Å². The van der Waals surface area contributed by atoms with Crippen LogP contribution in [0.3, 0.4) is 0 Å². The lowest BCUT2D eigenvalue weighted by Crippen LogP contribution is -2.42. The number of nitrogens with one attached hydrogen (secondary N) is 1. The van der Waals surface area contributed by atoms with Crippen molar-refractivity contribution in [3.63, 3.8) is 0 Å². The summed E-state index contributed by atoms with van der Waals surface area (Å²) in [6.45, 7) is 1.85. The molecule has 1 aliphatic carbocycles. The second kappa shape index (κ2) is 8.02. The Labute approximate surface area is 187 Å².